The van der Waals surface area contributed by atoms with Crippen molar-refractivity contribution in [2.45, 2.75) is 25.4 Å². The number of methoxy groups -OCH3 is 1. The highest BCUT2D eigenvalue weighted by Gasteiger charge is 2.30. The fourth-order valence-electron chi connectivity index (χ4n) is 2.07. The van der Waals surface area contributed by atoms with Gasteiger partial charge in [-0.05, 0) is 18.6 Å². The minimum Gasteiger partial charge on any atom is -0.465 e. The molecule has 0 saturated carbocycles. The van der Waals surface area contributed by atoms with Crippen molar-refractivity contribution in [3.8, 4) is 0 Å². The molecule has 116 valence electrons. The summed E-state index contributed by atoms with van der Waals surface area (Å²) >= 11 is 0. The number of nitrogen functional groups attached to an aromatic ring is 1. The van der Waals surface area contributed by atoms with E-state index in [0.717, 1.165) is 19.4 Å². The van der Waals surface area contributed by atoms with E-state index in [9.17, 15) is 13.6 Å². The minimum absolute atomic E-state index is 0.0280. The van der Waals surface area contributed by atoms with Crippen LogP contribution in [0.25, 0.3) is 0 Å². The number of nitrogens with two attached hydrogens (primary N) is 1. The van der Waals surface area contributed by atoms with Crippen LogP contribution >= 0.6 is 0 Å². The van der Waals surface area contributed by atoms with Gasteiger partial charge in [-0.2, -0.15) is 0 Å². The van der Waals surface area contributed by atoms with Crippen molar-refractivity contribution in [2.75, 3.05) is 31.3 Å². The molecule has 0 unspecified atom stereocenters. The van der Waals surface area contributed by atoms with Gasteiger partial charge in [-0.1, -0.05) is 0 Å². The number of carbonyl (C=O) groups excluding carboxylic acids is 1. The fraction of sp³-hybridized carbons (Fsp3) is 0.500. The lowest BCUT2D eigenvalue weighted by Gasteiger charge is -2.27. The van der Waals surface area contributed by atoms with E-state index in [0.29, 0.717) is 13.2 Å². The molecule has 0 aromatic heterocycles. The van der Waals surface area contributed by atoms with Gasteiger partial charge in [0.05, 0.1) is 30.2 Å². The summed E-state index contributed by atoms with van der Waals surface area (Å²) in [5, 5.41) is 2.96. The van der Waals surface area contributed by atoms with Crippen molar-refractivity contribution in [1.29, 1.82) is 0 Å². The topological polar surface area (TPSA) is 73.6 Å². The van der Waals surface area contributed by atoms with Crippen LogP contribution in [0.4, 0.5) is 20.2 Å². The first-order valence-electron chi connectivity index (χ1n) is 6.58. The number of ether oxygens (including phenoxy) is 2. The van der Waals surface area contributed by atoms with Crippen LogP contribution in [0.15, 0.2) is 12.1 Å². The van der Waals surface area contributed by atoms with Gasteiger partial charge in [0.25, 0.3) is 5.92 Å². The van der Waals surface area contributed by atoms with E-state index in [1.165, 1.54) is 13.2 Å². The predicted molar refractivity (Wildman–Crippen MR) is 74.6 cm³/mol. The van der Waals surface area contributed by atoms with E-state index in [2.05, 4.69) is 10.1 Å². The summed E-state index contributed by atoms with van der Waals surface area (Å²) in [5.74, 6) is -3.85. The van der Waals surface area contributed by atoms with Crippen LogP contribution in [-0.2, 0) is 15.4 Å². The number of alkyl halides is 2. The van der Waals surface area contributed by atoms with Crippen LogP contribution in [0.5, 0.6) is 0 Å². The first kappa shape index (κ1) is 15.5. The van der Waals surface area contributed by atoms with E-state index in [1.54, 1.807) is 0 Å². The monoisotopic (exact) mass is 300 g/mol. The van der Waals surface area contributed by atoms with Crippen molar-refractivity contribution in [2.24, 2.45) is 0 Å². The summed E-state index contributed by atoms with van der Waals surface area (Å²) in [6.07, 6.45) is 0.942. The quantitative estimate of drug-likeness (QED) is 0.645. The van der Waals surface area contributed by atoms with Crippen molar-refractivity contribution in [3.63, 3.8) is 0 Å². The smallest absolute Gasteiger partial charge is 0.337 e. The highest BCUT2D eigenvalue weighted by Crippen LogP contribution is 2.37. The van der Waals surface area contributed by atoms with Gasteiger partial charge in [0.1, 0.15) is 0 Å². The minimum atomic E-state index is -3.16. The Labute approximate surface area is 121 Å². The van der Waals surface area contributed by atoms with Gasteiger partial charge >= 0.3 is 5.97 Å². The number of benzene rings is 1. The Hall–Kier alpha value is -1.89. The Kier molecular flexibility index (Phi) is 4.32. The molecule has 5 nitrogen and oxygen atoms in total. The van der Waals surface area contributed by atoms with E-state index >= 15 is 0 Å². The lowest BCUT2D eigenvalue weighted by atomic mass is 10.0. The maximum atomic E-state index is 13.6. The molecule has 0 amide bonds. The zero-order chi connectivity index (χ0) is 15.6. The molecule has 2 rings (SSSR count). The molecular formula is C14H18F2N2O3. The van der Waals surface area contributed by atoms with Gasteiger partial charge in [0.2, 0.25) is 0 Å². The molecule has 3 N–H and O–H groups in total. The molecule has 1 atom stereocenters. The number of hydrogen-bond acceptors (Lipinski definition) is 5. The Bertz CT molecular complexity index is 540. The SMILES string of the molecule is COC(=O)c1cc(NC[C@@H]2CCO2)c(N)c(C(C)(F)F)c1. The molecule has 7 heteroatoms. The van der Waals surface area contributed by atoms with Gasteiger partial charge in [-0.15, -0.1) is 0 Å². The van der Waals surface area contributed by atoms with E-state index in [-0.39, 0.29) is 23.0 Å². The molecule has 1 saturated heterocycles. The lowest BCUT2D eigenvalue weighted by molar-refractivity contribution is -0.0410. The number of carbonyl (C=O) groups is 1. The van der Waals surface area contributed by atoms with Gasteiger partial charge < -0.3 is 20.5 Å². The normalized spacial score (nSPS) is 18.0. The number of rotatable bonds is 5. The van der Waals surface area contributed by atoms with Gasteiger partial charge in [0, 0.05) is 25.6 Å². The van der Waals surface area contributed by atoms with E-state index in [1.807, 2.05) is 0 Å². The summed E-state index contributed by atoms with van der Waals surface area (Å²) < 4.78 is 37.1. The second-order valence-electron chi connectivity index (χ2n) is 5.03. The van der Waals surface area contributed by atoms with E-state index in [4.69, 9.17) is 10.5 Å². The van der Waals surface area contributed by atoms with Crippen LogP contribution < -0.4 is 11.1 Å². The number of nitrogens with one attached hydrogen (secondary N) is 1. The van der Waals surface area contributed by atoms with E-state index < -0.39 is 17.5 Å². The Balaban J connectivity index is 2.33. The highest BCUT2D eigenvalue weighted by molar-refractivity contribution is 5.93. The van der Waals surface area contributed by atoms with Gasteiger partial charge in [0.15, 0.2) is 0 Å². The molecule has 0 aliphatic carbocycles. The Morgan fingerprint density at radius 3 is 2.71 bits per heavy atom. The van der Waals surface area contributed by atoms with Crippen LogP contribution in [-0.4, -0.2) is 32.3 Å². The molecule has 0 radical (unpaired) electrons. The summed E-state index contributed by atoms with van der Waals surface area (Å²) in [5.41, 5.74) is 5.63. The van der Waals surface area contributed by atoms with Crippen molar-refractivity contribution in [3.05, 3.63) is 23.3 Å². The van der Waals surface area contributed by atoms with Gasteiger partial charge in [-0.25, -0.2) is 13.6 Å². The van der Waals surface area contributed by atoms with Crippen molar-refractivity contribution < 1.29 is 23.0 Å². The van der Waals surface area contributed by atoms with Crippen molar-refractivity contribution in [1.82, 2.24) is 0 Å². The van der Waals surface area contributed by atoms with Crippen LogP contribution in [0.3, 0.4) is 0 Å². The lowest BCUT2D eigenvalue weighted by Crippen LogP contribution is -2.33. The molecule has 1 fully saturated rings. The molecule has 0 bridgehead atoms. The zero-order valence-corrected chi connectivity index (χ0v) is 11.9. The first-order chi connectivity index (χ1) is 9.82. The summed E-state index contributed by atoms with van der Waals surface area (Å²) in [7, 11) is 1.19. The third kappa shape index (κ3) is 3.41. The molecule has 0 spiro atoms. The second-order valence-corrected chi connectivity index (χ2v) is 5.03. The van der Waals surface area contributed by atoms with Crippen LogP contribution in [0.2, 0.25) is 0 Å². The Morgan fingerprint density at radius 1 is 1.57 bits per heavy atom. The third-order valence-corrected chi connectivity index (χ3v) is 3.39. The van der Waals surface area contributed by atoms with Crippen LogP contribution in [0.1, 0.15) is 29.3 Å². The molecule has 1 aromatic carbocycles. The summed E-state index contributed by atoms with van der Waals surface area (Å²) in [6.45, 7) is 1.88. The Morgan fingerprint density at radius 2 is 2.24 bits per heavy atom. The molecule has 1 aliphatic heterocycles. The average Bonchev–Trinajstić information content (AvgIpc) is 2.36. The summed E-state index contributed by atoms with van der Waals surface area (Å²) in [6, 6.07) is 2.47. The molecule has 21 heavy (non-hydrogen) atoms. The number of esters is 1. The maximum Gasteiger partial charge on any atom is 0.337 e. The number of halogens is 2. The predicted octanol–water partition coefficient (Wildman–Crippen LogP) is 2.37. The molecular weight excluding hydrogens is 282 g/mol. The first-order valence-corrected chi connectivity index (χ1v) is 6.58. The van der Waals surface area contributed by atoms with Crippen LogP contribution in [0, 0.1) is 0 Å². The maximum absolute atomic E-state index is 13.6. The number of hydrogen-bond donors (Lipinski definition) is 2. The van der Waals surface area contributed by atoms with Gasteiger partial charge in [-0.3, -0.25) is 0 Å². The number of anilines is 2. The standard InChI is InChI=1S/C14H18F2N2O3/c1-14(15,16)10-5-8(13(19)20-2)6-11(12(10)17)18-7-9-3-4-21-9/h5-6,9,18H,3-4,7,17H2,1-2H3/t9-/m0/s1. The largest absolute Gasteiger partial charge is 0.465 e. The zero-order valence-electron chi connectivity index (χ0n) is 11.9. The van der Waals surface area contributed by atoms with Crippen molar-refractivity contribution >= 4 is 17.3 Å². The third-order valence-electron chi connectivity index (χ3n) is 3.39. The second kappa shape index (κ2) is 5.85. The highest BCUT2D eigenvalue weighted by atomic mass is 19.3. The molecule has 1 aliphatic rings. The molecule has 1 aromatic rings. The average molecular weight is 300 g/mol. The summed E-state index contributed by atoms with van der Waals surface area (Å²) in [4.78, 5) is 11.6. The fourth-order valence-corrected chi connectivity index (χ4v) is 2.07. The molecule has 1 heterocycles.